The SMILES string of the molecule is Cc1c(NC(=S)NC(=O)/C=C/c2ccco2)cccc1C(=O)O. The molecule has 0 aliphatic carbocycles. The molecule has 2 rings (SSSR count). The third-order valence-corrected chi connectivity index (χ3v) is 3.20. The minimum absolute atomic E-state index is 0.0738. The number of furan rings is 1. The lowest BCUT2D eigenvalue weighted by Crippen LogP contribution is -2.33. The highest BCUT2D eigenvalue weighted by molar-refractivity contribution is 7.80. The predicted octanol–water partition coefficient (Wildman–Crippen LogP) is 2.81. The summed E-state index contributed by atoms with van der Waals surface area (Å²) in [5.41, 5.74) is 1.22. The maximum atomic E-state index is 11.7. The van der Waals surface area contributed by atoms with Crippen LogP contribution >= 0.6 is 12.2 Å². The van der Waals surface area contributed by atoms with E-state index in [4.69, 9.17) is 21.7 Å². The molecule has 118 valence electrons. The van der Waals surface area contributed by atoms with Crippen molar-refractivity contribution in [3.8, 4) is 0 Å². The van der Waals surface area contributed by atoms with Gasteiger partial charge in [-0.25, -0.2) is 4.79 Å². The summed E-state index contributed by atoms with van der Waals surface area (Å²) in [6.07, 6.45) is 4.30. The van der Waals surface area contributed by atoms with Crippen LogP contribution in [0.4, 0.5) is 5.69 Å². The zero-order chi connectivity index (χ0) is 16.8. The van der Waals surface area contributed by atoms with E-state index in [0.717, 1.165) is 0 Å². The van der Waals surface area contributed by atoms with Gasteiger partial charge < -0.3 is 14.8 Å². The summed E-state index contributed by atoms with van der Waals surface area (Å²) in [6, 6.07) is 8.19. The molecular formula is C16H14N2O4S. The lowest BCUT2D eigenvalue weighted by atomic mass is 10.1. The number of rotatable bonds is 4. The average Bonchev–Trinajstić information content (AvgIpc) is 3.00. The first-order valence-corrected chi connectivity index (χ1v) is 7.04. The monoisotopic (exact) mass is 330 g/mol. The van der Waals surface area contributed by atoms with E-state index in [1.165, 1.54) is 24.5 Å². The summed E-state index contributed by atoms with van der Waals surface area (Å²) in [5, 5.41) is 14.4. The Morgan fingerprint density at radius 2 is 2.04 bits per heavy atom. The van der Waals surface area contributed by atoms with E-state index in [9.17, 15) is 9.59 Å². The van der Waals surface area contributed by atoms with Crippen LogP contribution in [0, 0.1) is 6.92 Å². The Balaban J connectivity index is 1.98. The van der Waals surface area contributed by atoms with Gasteiger partial charge in [-0.1, -0.05) is 6.07 Å². The second-order valence-corrected chi connectivity index (χ2v) is 4.98. The smallest absolute Gasteiger partial charge is 0.336 e. The standard InChI is InChI=1S/C16H14N2O4S/c1-10-12(15(20)21)5-2-6-13(10)17-16(23)18-14(19)8-7-11-4-3-9-22-11/h2-9H,1H3,(H,20,21)(H2,17,18,19,23)/b8-7+. The molecule has 1 heterocycles. The summed E-state index contributed by atoms with van der Waals surface area (Å²) >= 11 is 5.05. The molecule has 0 bridgehead atoms. The first-order valence-electron chi connectivity index (χ1n) is 6.64. The molecule has 6 nitrogen and oxygen atoms in total. The van der Waals surface area contributed by atoms with Gasteiger partial charge in [-0.2, -0.15) is 0 Å². The molecule has 0 atom stereocenters. The fourth-order valence-corrected chi connectivity index (χ4v) is 2.06. The molecule has 0 unspecified atom stereocenters. The Labute approximate surface area is 137 Å². The van der Waals surface area contributed by atoms with Gasteiger partial charge in [-0.3, -0.25) is 10.1 Å². The maximum absolute atomic E-state index is 11.7. The van der Waals surface area contributed by atoms with Gasteiger partial charge in [0.1, 0.15) is 5.76 Å². The molecule has 1 amide bonds. The van der Waals surface area contributed by atoms with E-state index >= 15 is 0 Å². The van der Waals surface area contributed by atoms with Crippen LogP contribution in [0.15, 0.2) is 47.1 Å². The van der Waals surface area contributed by atoms with Crippen LogP contribution in [-0.4, -0.2) is 22.1 Å². The zero-order valence-electron chi connectivity index (χ0n) is 12.2. The molecule has 0 radical (unpaired) electrons. The number of anilines is 1. The van der Waals surface area contributed by atoms with E-state index in [2.05, 4.69) is 10.6 Å². The molecule has 1 aromatic heterocycles. The molecule has 23 heavy (non-hydrogen) atoms. The Morgan fingerprint density at radius 3 is 2.70 bits per heavy atom. The molecular weight excluding hydrogens is 316 g/mol. The van der Waals surface area contributed by atoms with Gasteiger partial charge in [0, 0.05) is 11.8 Å². The zero-order valence-corrected chi connectivity index (χ0v) is 13.0. The summed E-state index contributed by atoms with van der Waals surface area (Å²) in [5.74, 6) is -0.905. The number of carboxylic acid groups (broad SMARTS) is 1. The van der Waals surface area contributed by atoms with Gasteiger partial charge in [-0.15, -0.1) is 0 Å². The van der Waals surface area contributed by atoms with Gasteiger partial charge >= 0.3 is 5.97 Å². The van der Waals surface area contributed by atoms with Crippen molar-refractivity contribution >= 4 is 41.0 Å². The molecule has 0 aliphatic rings. The van der Waals surface area contributed by atoms with Gasteiger partial charge in [0.2, 0.25) is 5.91 Å². The topological polar surface area (TPSA) is 91.6 Å². The molecule has 7 heteroatoms. The highest BCUT2D eigenvalue weighted by Gasteiger charge is 2.11. The normalized spacial score (nSPS) is 10.5. The van der Waals surface area contributed by atoms with Crippen LogP contribution in [0.2, 0.25) is 0 Å². The third-order valence-electron chi connectivity index (χ3n) is 2.99. The number of amides is 1. The van der Waals surface area contributed by atoms with Crippen molar-refractivity contribution in [3.63, 3.8) is 0 Å². The van der Waals surface area contributed by atoms with Crippen LogP contribution in [0.25, 0.3) is 6.08 Å². The number of hydrogen-bond acceptors (Lipinski definition) is 4. The van der Waals surface area contributed by atoms with E-state index in [0.29, 0.717) is 17.0 Å². The predicted molar refractivity (Wildman–Crippen MR) is 90.2 cm³/mol. The minimum atomic E-state index is -1.03. The maximum Gasteiger partial charge on any atom is 0.336 e. The number of thiocarbonyl (C=S) groups is 1. The van der Waals surface area contributed by atoms with Gasteiger partial charge in [0.05, 0.1) is 11.8 Å². The summed E-state index contributed by atoms with van der Waals surface area (Å²) in [7, 11) is 0. The second-order valence-electron chi connectivity index (χ2n) is 4.58. The highest BCUT2D eigenvalue weighted by Crippen LogP contribution is 2.18. The summed E-state index contributed by atoms with van der Waals surface area (Å²) in [4.78, 5) is 22.8. The molecule has 0 fully saturated rings. The van der Waals surface area contributed by atoms with Gasteiger partial charge in [-0.05, 0) is 55.0 Å². The molecule has 0 spiro atoms. The molecule has 1 aromatic carbocycles. The summed E-state index contributed by atoms with van der Waals surface area (Å²) in [6.45, 7) is 1.66. The molecule has 0 saturated carbocycles. The Morgan fingerprint density at radius 1 is 1.26 bits per heavy atom. The Kier molecular flexibility index (Phi) is 5.27. The van der Waals surface area contributed by atoms with Gasteiger partial charge in [0.25, 0.3) is 0 Å². The van der Waals surface area contributed by atoms with E-state index in [-0.39, 0.29) is 10.7 Å². The number of hydrogen-bond donors (Lipinski definition) is 3. The number of carbonyl (C=O) groups is 2. The lowest BCUT2D eigenvalue weighted by Gasteiger charge is -2.12. The summed E-state index contributed by atoms with van der Waals surface area (Å²) < 4.78 is 5.06. The number of benzene rings is 1. The van der Waals surface area contributed by atoms with Crippen molar-refractivity contribution in [1.82, 2.24) is 5.32 Å². The molecule has 2 aromatic rings. The van der Waals surface area contributed by atoms with Crippen LogP contribution < -0.4 is 10.6 Å². The van der Waals surface area contributed by atoms with Crippen LogP contribution in [-0.2, 0) is 4.79 Å². The highest BCUT2D eigenvalue weighted by atomic mass is 32.1. The molecule has 0 saturated heterocycles. The largest absolute Gasteiger partial charge is 0.478 e. The van der Waals surface area contributed by atoms with Crippen LogP contribution in [0.3, 0.4) is 0 Å². The van der Waals surface area contributed by atoms with E-state index in [1.807, 2.05) is 0 Å². The number of carboxylic acids is 1. The number of aromatic carboxylic acids is 1. The fraction of sp³-hybridized carbons (Fsp3) is 0.0625. The van der Waals surface area contributed by atoms with Crippen molar-refractivity contribution in [1.29, 1.82) is 0 Å². The lowest BCUT2D eigenvalue weighted by molar-refractivity contribution is -0.115. The van der Waals surface area contributed by atoms with E-state index < -0.39 is 11.9 Å². The van der Waals surface area contributed by atoms with Crippen LogP contribution in [0.1, 0.15) is 21.7 Å². The molecule has 3 N–H and O–H groups in total. The van der Waals surface area contributed by atoms with Crippen molar-refractivity contribution < 1.29 is 19.1 Å². The number of carbonyl (C=O) groups excluding carboxylic acids is 1. The third kappa shape index (κ3) is 4.52. The Hall–Kier alpha value is -2.93. The number of nitrogens with one attached hydrogen (secondary N) is 2. The first kappa shape index (κ1) is 16.4. The first-order chi connectivity index (χ1) is 11.0. The van der Waals surface area contributed by atoms with Crippen molar-refractivity contribution in [2.24, 2.45) is 0 Å². The minimum Gasteiger partial charge on any atom is -0.478 e. The molecule has 0 aliphatic heterocycles. The average molecular weight is 330 g/mol. The van der Waals surface area contributed by atoms with Crippen molar-refractivity contribution in [2.75, 3.05) is 5.32 Å². The fourth-order valence-electron chi connectivity index (χ4n) is 1.85. The van der Waals surface area contributed by atoms with E-state index in [1.54, 1.807) is 31.2 Å². The second kappa shape index (κ2) is 7.37. The van der Waals surface area contributed by atoms with Crippen molar-refractivity contribution in [3.05, 3.63) is 59.6 Å². The Bertz CT molecular complexity index is 766. The van der Waals surface area contributed by atoms with Gasteiger partial charge in [0.15, 0.2) is 5.11 Å². The van der Waals surface area contributed by atoms with Crippen LogP contribution in [0.5, 0.6) is 0 Å². The van der Waals surface area contributed by atoms with Crippen molar-refractivity contribution in [2.45, 2.75) is 6.92 Å². The quantitative estimate of drug-likeness (QED) is 0.590.